The molecule has 8 heteroatoms. The average molecular weight is 499 g/mol. The molecule has 2 aromatic carbocycles. The van der Waals surface area contributed by atoms with Crippen molar-refractivity contribution in [3.05, 3.63) is 58.6 Å². The van der Waals surface area contributed by atoms with Crippen LogP contribution in [0.15, 0.2) is 42.5 Å². The summed E-state index contributed by atoms with van der Waals surface area (Å²) in [5, 5.41) is 0.605. The number of hydrogen-bond donors (Lipinski definition) is 0. The van der Waals surface area contributed by atoms with Gasteiger partial charge in [0, 0.05) is 54.8 Å². The Kier molecular flexibility index (Phi) is 7.86. The number of piperidine rings is 1. The van der Waals surface area contributed by atoms with Crippen LogP contribution in [0.1, 0.15) is 35.2 Å². The zero-order valence-corrected chi connectivity index (χ0v) is 21.1. The molecule has 0 aliphatic carbocycles. The molecule has 186 valence electrons. The van der Waals surface area contributed by atoms with Gasteiger partial charge in [0.1, 0.15) is 17.2 Å². The van der Waals surface area contributed by atoms with E-state index in [1.165, 1.54) is 0 Å². The number of carbonyl (C=O) groups excluding carboxylic acids is 2. The van der Waals surface area contributed by atoms with Gasteiger partial charge in [0.2, 0.25) is 5.91 Å². The first-order valence-corrected chi connectivity index (χ1v) is 12.2. The van der Waals surface area contributed by atoms with E-state index < -0.39 is 0 Å². The molecule has 2 heterocycles. The van der Waals surface area contributed by atoms with Gasteiger partial charge in [0.05, 0.1) is 26.9 Å². The minimum Gasteiger partial charge on any atom is -0.496 e. The highest BCUT2D eigenvalue weighted by Crippen LogP contribution is 2.41. The normalized spacial score (nSPS) is 16.5. The minimum absolute atomic E-state index is 0.0134. The number of likely N-dealkylation sites (tertiary alicyclic amines) is 1. The van der Waals surface area contributed by atoms with Crippen molar-refractivity contribution in [1.29, 1.82) is 0 Å². The summed E-state index contributed by atoms with van der Waals surface area (Å²) in [5.41, 5.74) is 2.61. The van der Waals surface area contributed by atoms with Crippen molar-refractivity contribution in [3.63, 3.8) is 0 Å². The van der Waals surface area contributed by atoms with Gasteiger partial charge in [-0.3, -0.25) is 9.59 Å². The van der Waals surface area contributed by atoms with Crippen LogP contribution < -0.4 is 14.2 Å². The number of methoxy groups -OCH3 is 3. The Hall–Kier alpha value is -3.19. The number of ether oxygens (including phenoxy) is 3. The highest BCUT2D eigenvalue weighted by molar-refractivity contribution is 6.30. The van der Waals surface area contributed by atoms with E-state index in [4.69, 9.17) is 25.8 Å². The molecule has 1 fully saturated rings. The second-order valence-electron chi connectivity index (χ2n) is 8.74. The first-order chi connectivity index (χ1) is 16.9. The van der Waals surface area contributed by atoms with E-state index in [1.807, 2.05) is 21.9 Å². The molecule has 0 bridgehead atoms. The molecule has 2 aliphatic heterocycles. The molecule has 0 N–H and O–H groups in total. The second-order valence-corrected chi connectivity index (χ2v) is 9.18. The van der Waals surface area contributed by atoms with Gasteiger partial charge in [-0.1, -0.05) is 17.7 Å². The van der Waals surface area contributed by atoms with Crippen molar-refractivity contribution in [2.45, 2.75) is 19.3 Å². The van der Waals surface area contributed by atoms with Crippen LogP contribution in [0.4, 0.5) is 0 Å². The van der Waals surface area contributed by atoms with Gasteiger partial charge in [0.25, 0.3) is 5.91 Å². The average Bonchev–Trinajstić information content (AvgIpc) is 2.92. The second kappa shape index (κ2) is 11.0. The quantitative estimate of drug-likeness (QED) is 0.585. The lowest BCUT2D eigenvalue weighted by atomic mass is 9.92. The number of halogens is 1. The smallest absolute Gasteiger partial charge is 0.253 e. The van der Waals surface area contributed by atoms with Crippen molar-refractivity contribution in [2.75, 3.05) is 47.5 Å². The Morgan fingerprint density at radius 2 is 1.51 bits per heavy atom. The predicted octanol–water partition coefficient (Wildman–Crippen LogP) is 4.53. The van der Waals surface area contributed by atoms with E-state index in [2.05, 4.69) is 6.08 Å². The van der Waals surface area contributed by atoms with Crippen LogP contribution in [-0.4, -0.2) is 69.1 Å². The molecule has 2 amide bonds. The molecule has 0 unspecified atom stereocenters. The summed E-state index contributed by atoms with van der Waals surface area (Å²) in [6, 6.07) is 10.6. The van der Waals surface area contributed by atoms with Gasteiger partial charge in [-0.2, -0.15) is 0 Å². The monoisotopic (exact) mass is 498 g/mol. The van der Waals surface area contributed by atoms with Gasteiger partial charge in [-0.15, -0.1) is 0 Å². The van der Waals surface area contributed by atoms with Crippen molar-refractivity contribution < 1.29 is 23.8 Å². The third-order valence-electron chi connectivity index (χ3n) is 6.78. The number of nitrogens with zero attached hydrogens (tertiary/aromatic N) is 2. The van der Waals surface area contributed by atoms with Crippen LogP contribution in [0.3, 0.4) is 0 Å². The van der Waals surface area contributed by atoms with Gasteiger partial charge in [-0.05, 0) is 49.1 Å². The Bertz CT molecular complexity index is 1080. The molecule has 0 saturated carbocycles. The third kappa shape index (κ3) is 5.40. The van der Waals surface area contributed by atoms with Crippen LogP contribution in [-0.2, 0) is 4.79 Å². The minimum atomic E-state index is -0.0655. The first kappa shape index (κ1) is 24.9. The van der Waals surface area contributed by atoms with Gasteiger partial charge >= 0.3 is 0 Å². The van der Waals surface area contributed by atoms with Crippen LogP contribution in [0.25, 0.3) is 5.57 Å². The van der Waals surface area contributed by atoms with Crippen molar-refractivity contribution in [3.8, 4) is 17.2 Å². The fraction of sp³-hybridized carbons (Fsp3) is 0.407. The number of rotatable bonds is 6. The molecule has 0 radical (unpaired) electrons. The number of benzene rings is 2. The fourth-order valence-corrected chi connectivity index (χ4v) is 4.91. The predicted molar refractivity (Wildman–Crippen MR) is 135 cm³/mol. The largest absolute Gasteiger partial charge is 0.496 e. The fourth-order valence-electron chi connectivity index (χ4n) is 4.78. The Morgan fingerprint density at radius 1 is 0.886 bits per heavy atom. The topological polar surface area (TPSA) is 68.3 Å². The summed E-state index contributed by atoms with van der Waals surface area (Å²) in [5.74, 6) is 2.11. The van der Waals surface area contributed by atoms with E-state index in [1.54, 1.807) is 45.6 Å². The van der Waals surface area contributed by atoms with Gasteiger partial charge in [-0.25, -0.2) is 0 Å². The summed E-state index contributed by atoms with van der Waals surface area (Å²) in [4.78, 5) is 29.7. The number of hydrogen-bond acceptors (Lipinski definition) is 5. The molecule has 0 spiro atoms. The van der Waals surface area contributed by atoms with Gasteiger partial charge < -0.3 is 24.0 Å². The Labute approximate surface area is 211 Å². The summed E-state index contributed by atoms with van der Waals surface area (Å²) >= 11 is 5.93. The molecular weight excluding hydrogens is 468 g/mol. The maximum Gasteiger partial charge on any atom is 0.253 e. The molecule has 2 aliphatic rings. The Morgan fingerprint density at radius 3 is 2.03 bits per heavy atom. The molecular formula is C27H31ClN2O5. The highest BCUT2D eigenvalue weighted by atomic mass is 35.5. The van der Waals surface area contributed by atoms with E-state index in [0.29, 0.717) is 73.3 Å². The standard InChI is InChI=1S/C27H31ClN2O5/c1-33-22-16-23(34-2)25(24(17-22)35-3)18-8-12-29(13-9-18)27(32)20-10-14-30(15-11-20)26(31)19-4-6-21(28)7-5-19/h4-8,16-17,20H,9-15H2,1-3H3. The maximum atomic E-state index is 13.2. The highest BCUT2D eigenvalue weighted by Gasteiger charge is 2.31. The lowest BCUT2D eigenvalue weighted by Crippen LogP contribution is -2.45. The zero-order valence-electron chi connectivity index (χ0n) is 20.4. The molecule has 0 atom stereocenters. The third-order valence-corrected chi connectivity index (χ3v) is 7.03. The molecule has 0 aromatic heterocycles. The molecule has 2 aromatic rings. The number of carbonyl (C=O) groups is 2. The zero-order chi connectivity index (χ0) is 24.9. The van der Waals surface area contributed by atoms with E-state index >= 15 is 0 Å². The van der Waals surface area contributed by atoms with Crippen molar-refractivity contribution >= 4 is 29.0 Å². The maximum absolute atomic E-state index is 13.2. The summed E-state index contributed by atoms with van der Waals surface area (Å²) < 4.78 is 16.5. The van der Waals surface area contributed by atoms with Crippen LogP contribution in [0, 0.1) is 5.92 Å². The molecule has 7 nitrogen and oxygen atoms in total. The van der Waals surface area contributed by atoms with Crippen molar-refractivity contribution in [1.82, 2.24) is 9.80 Å². The van der Waals surface area contributed by atoms with E-state index in [-0.39, 0.29) is 17.7 Å². The number of amides is 2. The summed E-state index contributed by atoms with van der Waals surface area (Å²) in [7, 11) is 4.86. The lowest BCUT2D eigenvalue weighted by Gasteiger charge is -2.35. The molecule has 4 rings (SSSR count). The van der Waals surface area contributed by atoms with Crippen LogP contribution in [0.2, 0.25) is 5.02 Å². The molecule has 35 heavy (non-hydrogen) atoms. The summed E-state index contributed by atoms with van der Waals surface area (Å²) in [6.07, 6.45) is 4.13. The first-order valence-electron chi connectivity index (χ1n) is 11.8. The SMILES string of the molecule is COc1cc(OC)c(C2=CCN(C(=O)C3CCN(C(=O)c4ccc(Cl)cc4)CC3)CC2)c(OC)c1. The van der Waals surface area contributed by atoms with Gasteiger partial charge in [0.15, 0.2) is 0 Å². The summed E-state index contributed by atoms with van der Waals surface area (Å²) in [6.45, 7) is 2.32. The van der Waals surface area contributed by atoms with Crippen molar-refractivity contribution in [2.24, 2.45) is 5.92 Å². The lowest BCUT2D eigenvalue weighted by molar-refractivity contribution is -0.136. The van der Waals surface area contributed by atoms with Crippen LogP contribution >= 0.6 is 11.6 Å². The van der Waals surface area contributed by atoms with E-state index in [0.717, 1.165) is 11.1 Å². The molecule has 1 saturated heterocycles. The van der Waals surface area contributed by atoms with Crippen LogP contribution in [0.5, 0.6) is 17.2 Å². The van der Waals surface area contributed by atoms with E-state index in [9.17, 15) is 9.59 Å². The Balaban J connectivity index is 1.38.